The van der Waals surface area contributed by atoms with Crippen molar-refractivity contribution in [2.75, 3.05) is 0 Å². The molecule has 116 valence electrons. The molecule has 5 nitrogen and oxygen atoms in total. The molecule has 0 aliphatic heterocycles. The van der Waals surface area contributed by atoms with Gasteiger partial charge in [0.1, 0.15) is 10.6 Å². The second-order valence-electron chi connectivity index (χ2n) is 5.59. The van der Waals surface area contributed by atoms with Crippen molar-refractivity contribution in [3.63, 3.8) is 0 Å². The lowest BCUT2D eigenvalue weighted by Gasteiger charge is -2.14. The molecule has 0 radical (unpaired) electrons. The zero-order chi connectivity index (χ0) is 16.0. The van der Waals surface area contributed by atoms with Crippen LogP contribution in [0.4, 0.5) is 5.69 Å². The fourth-order valence-electron chi connectivity index (χ4n) is 2.09. The fraction of sp³-hybridized carbons (Fsp3) is 0.533. The standard InChI is InChI=1S/C15H21ClN2O3/c1-10(2)6-4-7-11(3)17-15(19)12-8-5-9-13(16)14(12)18(20)21/h5,8-11H,4,6-7H2,1-3H3,(H,17,19). The van der Waals surface area contributed by atoms with Crippen LogP contribution in [0.3, 0.4) is 0 Å². The number of halogens is 1. The predicted octanol–water partition coefficient (Wildman–Crippen LogP) is 4.19. The Morgan fingerprint density at radius 2 is 2.00 bits per heavy atom. The first-order valence-corrected chi connectivity index (χ1v) is 7.44. The normalized spacial score (nSPS) is 12.2. The molecule has 0 fully saturated rings. The Labute approximate surface area is 129 Å². The van der Waals surface area contributed by atoms with Gasteiger partial charge in [-0.3, -0.25) is 14.9 Å². The molecule has 1 aromatic rings. The van der Waals surface area contributed by atoms with E-state index in [9.17, 15) is 14.9 Å². The van der Waals surface area contributed by atoms with Crippen LogP contribution in [0.25, 0.3) is 0 Å². The highest BCUT2D eigenvalue weighted by atomic mass is 35.5. The molecule has 0 bridgehead atoms. The number of carbonyl (C=O) groups is 1. The van der Waals surface area contributed by atoms with Crippen LogP contribution in [0.1, 0.15) is 50.4 Å². The van der Waals surface area contributed by atoms with Crippen molar-refractivity contribution in [1.82, 2.24) is 5.32 Å². The van der Waals surface area contributed by atoms with E-state index in [1.54, 1.807) is 0 Å². The highest BCUT2D eigenvalue weighted by Gasteiger charge is 2.24. The Balaban J connectivity index is 2.72. The summed E-state index contributed by atoms with van der Waals surface area (Å²) in [5, 5.41) is 13.8. The molecule has 0 saturated heterocycles. The molecule has 21 heavy (non-hydrogen) atoms. The van der Waals surface area contributed by atoms with Crippen LogP contribution in [0.15, 0.2) is 18.2 Å². The van der Waals surface area contributed by atoms with Gasteiger partial charge in [-0.05, 0) is 31.4 Å². The first kappa shape index (κ1) is 17.4. The highest BCUT2D eigenvalue weighted by molar-refractivity contribution is 6.33. The van der Waals surface area contributed by atoms with Gasteiger partial charge in [0.05, 0.1) is 4.92 Å². The van der Waals surface area contributed by atoms with Gasteiger partial charge in [-0.15, -0.1) is 0 Å². The summed E-state index contributed by atoms with van der Waals surface area (Å²) in [6.45, 7) is 6.20. The summed E-state index contributed by atoms with van der Waals surface area (Å²) in [5.41, 5.74) is -0.339. The molecule has 0 aromatic heterocycles. The van der Waals surface area contributed by atoms with Crippen molar-refractivity contribution >= 4 is 23.2 Å². The summed E-state index contributed by atoms with van der Waals surface area (Å²) in [6, 6.07) is 4.32. The monoisotopic (exact) mass is 312 g/mol. The van der Waals surface area contributed by atoms with Gasteiger partial charge in [0.25, 0.3) is 5.91 Å². The van der Waals surface area contributed by atoms with E-state index < -0.39 is 10.8 Å². The van der Waals surface area contributed by atoms with Crippen molar-refractivity contribution in [2.24, 2.45) is 5.92 Å². The number of para-hydroxylation sites is 1. The molecule has 0 aliphatic carbocycles. The van der Waals surface area contributed by atoms with Crippen LogP contribution in [-0.2, 0) is 0 Å². The predicted molar refractivity (Wildman–Crippen MR) is 83.7 cm³/mol. The van der Waals surface area contributed by atoms with Gasteiger partial charge in [-0.25, -0.2) is 0 Å². The molecule has 0 aliphatic rings. The number of nitro groups is 1. The minimum absolute atomic E-state index is 0.00297. The van der Waals surface area contributed by atoms with Gasteiger partial charge in [-0.1, -0.05) is 44.4 Å². The van der Waals surface area contributed by atoms with E-state index in [4.69, 9.17) is 11.6 Å². The van der Waals surface area contributed by atoms with E-state index in [1.165, 1.54) is 18.2 Å². The van der Waals surface area contributed by atoms with Crippen molar-refractivity contribution in [1.29, 1.82) is 0 Å². The SMILES string of the molecule is CC(C)CCCC(C)NC(=O)c1cccc(Cl)c1[N+](=O)[O-]. The molecule has 0 saturated carbocycles. The molecular formula is C15H21ClN2O3. The van der Waals surface area contributed by atoms with Gasteiger partial charge in [0.2, 0.25) is 0 Å². The van der Waals surface area contributed by atoms with E-state index in [-0.39, 0.29) is 22.3 Å². The molecule has 6 heteroatoms. The third-order valence-corrected chi connectivity index (χ3v) is 3.52. The second kappa shape index (κ2) is 7.98. The fourth-order valence-corrected chi connectivity index (χ4v) is 2.33. The summed E-state index contributed by atoms with van der Waals surface area (Å²) in [7, 11) is 0. The topological polar surface area (TPSA) is 72.2 Å². The molecule has 0 spiro atoms. The van der Waals surface area contributed by atoms with Gasteiger partial charge < -0.3 is 5.32 Å². The van der Waals surface area contributed by atoms with Crippen molar-refractivity contribution in [2.45, 2.75) is 46.1 Å². The molecule has 0 heterocycles. The Hall–Kier alpha value is -1.62. The Kier molecular flexibility index (Phi) is 6.62. The third kappa shape index (κ3) is 5.34. The molecule has 1 rings (SSSR count). The number of rotatable bonds is 7. The quantitative estimate of drug-likeness (QED) is 0.606. The third-order valence-electron chi connectivity index (χ3n) is 3.21. The lowest BCUT2D eigenvalue weighted by Crippen LogP contribution is -2.33. The first-order valence-electron chi connectivity index (χ1n) is 7.06. The number of hydrogen-bond donors (Lipinski definition) is 1. The number of hydrogen-bond acceptors (Lipinski definition) is 3. The first-order chi connectivity index (χ1) is 9.82. The largest absolute Gasteiger partial charge is 0.349 e. The summed E-state index contributed by atoms with van der Waals surface area (Å²) >= 11 is 5.80. The van der Waals surface area contributed by atoms with E-state index in [1.807, 2.05) is 6.92 Å². The van der Waals surface area contributed by atoms with Crippen LogP contribution < -0.4 is 5.32 Å². The van der Waals surface area contributed by atoms with E-state index in [0.29, 0.717) is 5.92 Å². The zero-order valence-corrected chi connectivity index (χ0v) is 13.3. The Bertz CT molecular complexity index is 518. The number of nitro benzene ring substituents is 1. The minimum Gasteiger partial charge on any atom is -0.349 e. The lowest BCUT2D eigenvalue weighted by atomic mass is 10.0. The zero-order valence-electron chi connectivity index (χ0n) is 12.6. The number of amides is 1. The Morgan fingerprint density at radius 3 is 2.57 bits per heavy atom. The van der Waals surface area contributed by atoms with Crippen LogP contribution in [0.5, 0.6) is 0 Å². The van der Waals surface area contributed by atoms with Gasteiger partial charge >= 0.3 is 5.69 Å². The number of benzene rings is 1. The molecule has 1 amide bonds. The molecular weight excluding hydrogens is 292 g/mol. The van der Waals surface area contributed by atoms with E-state index in [0.717, 1.165) is 19.3 Å². The summed E-state index contributed by atoms with van der Waals surface area (Å²) in [4.78, 5) is 22.6. The van der Waals surface area contributed by atoms with Crippen LogP contribution in [-0.4, -0.2) is 16.9 Å². The molecule has 1 aromatic carbocycles. The van der Waals surface area contributed by atoms with Crippen LogP contribution in [0.2, 0.25) is 5.02 Å². The molecule has 1 N–H and O–H groups in total. The molecule has 1 atom stereocenters. The van der Waals surface area contributed by atoms with Gasteiger partial charge in [0, 0.05) is 6.04 Å². The number of nitrogens with one attached hydrogen (secondary N) is 1. The van der Waals surface area contributed by atoms with Gasteiger partial charge in [-0.2, -0.15) is 0 Å². The maximum atomic E-state index is 12.2. The van der Waals surface area contributed by atoms with E-state index in [2.05, 4.69) is 19.2 Å². The molecule has 1 unspecified atom stereocenters. The summed E-state index contributed by atoms with van der Waals surface area (Å²) in [5.74, 6) is 0.170. The van der Waals surface area contributed by atoms with Crippen molar-refractivity contribution < 1.29 is 9.72 Å². The highest BCUT2D eigenvalue weighted by Crippen LogP contribution is 2.28. The van der Waals surface area contributed by atoms with Crippen LogP contribution >= 0.6 is 11.6 Å². The van der Waals surface area contributed by atoms with E-state index >= 15 is 0 Å². The smallest absolute Gasteiger partial charge is 0.300 e. The average Bonchev–Trinajstić information content (AvgIpc) is 2.37. The second-order valence-corrected chi connectivity index (χ2v) is 6.00. The van der Waals surface area contributed by atoms with Crippen molar-refractivity contribution in [3.8, 4) is 0 Å². The lowest BCUT2D eigenvalue weighted by molar-refractivity contribution is -0.385. The minimum atomic E-state index is -0.624. The maximum Gasteiger partial charge on any atom is 0.300 e. The number of carbonyl (C=O) groups excluding carboxylic acids is 1. The summed E-state index contributed by atoms with van der Waals surface area (Å²) < 4.78 is 0. The Morgan fingerprint density at radius 1 is 1.33 bits per heavy atom. The average molecular weight is 313 g/mol. The summed E-state index contributed by atoms with van der Waals surface area (Å²) in [6.07, 6.45) is 2.95. The van der Waals surface area contributed by atoms with Crippen molar-refractivity contribution in [3.05, 3.63) is 38.9 Å². The van der Waals surface area contributed by atoms with Crippen LogP contribution in [0, 0.1) is 16.0 Å². The van der Waals surface area contributed by atoms with Gasteiger partial charge in [0.15, 0.2) is 0 Å². The maximum absolute atomic E-state index is 12.2. The number of nitrogens with zero attached hydrogens (tertiary/aromatic N) is 1.